The van der Waals surface area contributed by atoms with Crippen molar-refractivity contribution >= 4 is 14.3 Å². The fourth-order valence-electron chi connectivity index (χ4n) is 4.68. The van der Waals surface area contributed by atoms with Crippen LogP contribution in [0.1, 0.15) is 80.9 Å². The molecule has 0 amide bonds. The number of hydrogen-bond donors (Lipinski definition) is 0. The first-order chi connectivity index (χ1) is 19.0. The predicted molar refractivity (Wildman–Crippen MR) is 158 cm³/mol. The molecule has 4 rings (SSSR count). The summed E-state index contributed by atoms with van der Waals surface area (Å²) in [5, 5.41) is 8.52. The van der Waals surface area contributed by atoms with E-state index in [1.807, 2.05) is 24.3 Å². The second-order valence-corrected chi connectivity index (χ2v) is 16.7. The highest BCUT2D eigenvalue weighted by atomic mass is 28.4. The summed E-state index contributed by atoms with van der Waals surface area (Å²) in [4.78, 5) is 12.6. The molecule has 1 saturated carbocycles. The van der Waals surface area contributed by atoms with Crippen molar-refractivity contribution in [3.8, 4) is 17.4 Å². The number of nitrogens with zero attached hydrogens (tertiary/aromatic N) is 3. The Hall–Kier alpha value is -3.33. The molecule has 3 aromatic rings. The van der Waals surface area contributed by atoms with Crippen molar-refractivity contribution in [2.45, 2.75) is 90.1 Å². The molecule has 1 aliphatic rings. The van der Waals surface area contributed by atoms with Crippen molar-refractivity contribution in [1.29, 1.82) is 0 Å². The Morgan fingerprint density at radius 2 is 1.60 bits per heavy atom. The lowest BCUT2D eigenvalue weighted by atomic mass is 9.83. The normalized spacial score (nSPS) is 17.8. The Morgan fingerprint density at radius 1 is 0.975 bits per heavy atom. The Labute approximate surface area is 239 Å². The van der Waals surface area contributed by atoms with Gasteiger partial charge in [-0.05, 0) is 92.0 Å². The molecule has 216 valence electrons. The first-order valence-corrected chi connectivity index (χ1v) is 17.1. The van der Waals surface area contributed by atoms with Crippen molar-refractivity contribution in [3.05, 3.63) is 65.4 Å². The highest BCUT2D eigenvalue weighted by molar-refractivity contribution is 6.74. The lowest BCUT2D eigenvalue weighted by Crippen LogP contribution is -2.43. The first-order valence-electron chi connectivity index (χ1n) is 14.2. The minimum absolute atomic E-state index is 0.0289. The summed E-state index contributed by atoms with van der Waals surface area (Å²) in [6.07, 6.45) is 3.73. The maximum Gasteiger partial charge on any atom is 0.364 e. The van der Waals surface area contributed by atoms with Gasteiger partial charge in [-0.15, -0.1) is 5.10 Å². The molecule has 1 aliphatic carbocycles. The summed E-state index contributed by atoms with van der Waals surface area (Å²) in [6, 6.07) is 16.4. The van der Waals surface area contributed by atoms with Gasteiger partial charge in [0, 0.05) is 0 Å². The highest BCUT2D eigenvalue weighted by Crippen LogP contribution is 2.39. The van der Waals surface area contributed by atoms with E-state index in [2.05, 4.69) is 68.4 Å². The Kier molecular flexibility index (Phi) is 9.23. The Morgan fingerprint density at radius 3 is 2.17 bits per heavy atom. The van der Waals surface area contributed by atoms with Gasteiger partial charge in [-0.25, -0.2) is 9.48 Å². The largest absolute Gasteiger partial charge is 0.544 e. The van der Waals surface area contributed by atoms with E-state index in [9.17, 15) is 4.79 Å². The van der Waals surface area contributed by atoms with Gasteiger partial charge in [0.25, 0.3) is 0 Å². The summed E-state index contributed by atoms with van der Waals surface area (Å²) >= 11 is 0. The van der Waals surface area contributed by atoms with Crippen LogP contribution in [0.25, 0.3) is 0 Å². The van der Waals surface area contributed by atoms with Gasteiger partial charge in [0.15, 0.2) is 0 Å². The molecule has 0 saturated heterocycles. The van der Waals surface area contributed by atoms with E-state index < -0.39 is 14.3 Å². The SMILES string of the molecule is CCOC(=O)c1nnn(Cc2ccc(OC)cc2)c1OC1CCC(c2ccc(O[Si](C)(C)C(C)(C)C)cc2)CC1. The molecule has 1 fully saturated rings. The number of ether oxygens (including phenoxy) is 3. The average molecular weight is 566 g/mol. The van der Waals surface area contributed by atoms with Crippen molar-refractivity contribution in [3.63, 3.8) is 0 Å². The summed E-state index contributed by atoms with van der Waals surface area (Å²) in [6.45, 7) is 13.8. The van der Waals surface area contributed by atoms with Gasteiger partial charge in [0.1, 0.15) is 17.6 Å². The van der Waals surface area contributed by atoms with Crippen LogP contribution in [0.5, 0.6) is 17.4 Å². The zero-order valence-corrected chi connectivity index (χ0v) is 25.9. The van der Waals surface area contributed by atoms with Gasteiger partial charge in [0.05, 0.1) is 20.3 Å². The van der Waals surface area contributed by atoms with Gasteiger partial charge in [0.2, 0.25) is 19.9 Å². The van der Waals surface area contributed by atoms with Gasteiger partial charge >= 0.3 is 5.97 Å². The molecular weight excluding hydrogens is 522 g/mol. The minimum atomic E-state index is -1.86. The summed E-state index contributed by atoms with van der Waals surface area (Å²) in [5.41, 5.74) is 2.45. The fraction of sp³-hybridized carbons (Fsp3) is 0.516. The van der Waals surface area contributed by atoms with Crippen molar-refractivity contribution in [1.82, 2.24) is 15.0 Å². The number of hydrogen-bond acceptors (Lipinski definition) is 7. The number of carbonyl (C=O) groups excluding carboxylic acids is 1. The number of benzene rings is 2. The summed E-state index contributed by atoms with van der Waals surface area (Å²) in [7, 11) is -0.225. The molecule has 0 atom stereocenters. The minimum Gasteiger partial charge on any atom is -0.544 e. The maximum absolute atomic E-state index is 12.6. The standard InChI is InChI=1S/C31H43N3O5Si/c1-8-37-30(35)28-29(34(33-32-28)21-22-9-15-25(36-5)16-10-22)38-26-17-11-23(12-18-26)24-13-19-27(20-14-24)39-40(6,7)31(2,3)4/h9-10,13-16,19-20,23,26H,8,11-12,17-18,21H2,1-7H3. The molecule has 0 bridgehead atoms. The van der Waals surface area contributed by atoms with Crippen LogP contribution in [0.2, 0.25) is 18.1 Å². The van der Waals surface area contributed by atoms with Crippen LogP contribution in [0, 0.1) is 0 Å². The molecule has 9 heteroatoms. The molecule has 0 N–H and O–H groups in total. The zero-order valence-electron chi connectivity index (χ0n) is 24.9. The molecule has 0 unspecified atom stereocenters. The quantitative estimate of drug-likeness (QED) is 0.193. The number of aromatic nitrogens is 3. The third kappa shape index (κ3) is 7.05. The van der Waals surface area contributed by atoms with Crippen LogP contribution >= 0.6 is 0 Å². The molecular formula is C31H43N3O5Si. The summed E-state index contributed by atoms with van der Waals surface area (Å²) < 4.78 is 25.0. The van der Waals surface area contributed by atoms with Crippen molar-refractivity contribution in [2.24, 2.45) is 0 Å². The van der Waals surface area contributed by atoms with Crippen molar-refractivity contribution < 1.29 is 23.4 Å². The topological polar surface area (TPSA) is 84.7 Å². The average Bonchev–Trinajstić information content (AvgIpc) is 3.31. The van der Waals surface area contributed by atoms with E-state index in [1.54, 1.807) is 18.7 Å². The number of methoxy groups -OCH3 is 1. The lowest BCUT2D eigenvalue weighted by Gasteiger charge is -2.36. The van der Waals surface area contributed by atoms with E-state index >= 15 is 0 Å². The van der Waals surface area contributed by atoms with Crippen molar-refractivity contribution in [2.75, 3.05) is 13.7 Å². The maximum atomic E-state index is 12.6. The Bertz CT molecular complexity index is 1260. The fourth-order valence-corrected chi connectivity index (χ4v) is 5.72. The molecule has 0 spiro atoms. The molecule has 0 radical (unpaired) electrons. The summed E-state index contributed by atoms with van der Waals surface area (Å²) in [5.74, 6) is 2.04. The molecule has 8 nitrogen and oxygen atoms in total. The van der Waals surface area contributed by atoms with E-state index in [-0.39, 0.29) is 23.4 Å². The lowest BCUT2D eigenvalue weighted by molar-refractivity contribution is 0.0507. The third-order valence-electron chi connectivity index (χ3n) is 8.13. The Balaban J connectivity index is 1.41. The van der Waals surface area contributed by atoms with Gasteiger partial charge in [-0.3, -0.25) is 0 Å². The zero-order chi connectivity index (χ0) is 28.9. The second kappa shape index (κ2) is 12.5. The van der Waals surface area contributed by atoms with E-state index in [0.29, 0.717) is 18.3 Å². The predicted octanol–water partition coefficient (Wildman–Crippen LogP) is 7.00. The highest BCUT2D eigenvalue weighted by Gasteiger charge is 2.39. The molecule has 1 heterocycles. The van der Waals surface area contributed by atoms with Crippen LogP contribution in [0.15, 0.2) is 48.5 Å². The van der Waals surface area contributed by atoms with Gasteiger partial charge in [-0.2, -0.15) is 0 Å². The third-order valence-corrected chi connectivity index (χ3v) is 12.5. The number of esters is 1. The number of carbonyl (C=O) groups is 1. The number of rotatable bonds is 10. The van der Waals surface area contributed by atoms with Gasteiger partial charge in [-0.1, -0.05) is 50.3 Å². The molecule has 40 heavy (non-hydrogen) atoms. The van der Waals surface area contributed by atoms with Crippen LogP contribution < -0.4 is 13.9 Å². The van der Waals surface area contributed by atoms with Crippen LogP contribution in [0.3, 0.4) is 0 Å². The monoisotopic (exact) mass is 565 g/mol. The first kappa shape index (κ1) is 29.6. The second-order valence-electron chi connectivity index (χ2n) is 12.0. The van der Waals surface area contributed by atoms with Gasteiger partial charge < -0.3 is 18.6 Å². The van der Waals surface area contributed by atoms with Crippen LogP contribution in [-0.4, -0.2) is 49.1 Å². The van der Waals surface area contributed by atoms with E-state index in [1.165, 1.54) is 5.56 Å². The molecule has 2 aromatic carbocycles. The smallest absolute Gasteiger partial charge is 0.364 e. The van der Waals surface area contributed by atoms with Crippen LogP contribution in [0.4, 0.5) is 0 Å². The van der Waals surface area contributed by atoms with Crippen LogP contribution in [-0.2, 0) is 11.3 Å². The molecule has 0 aliphatic heterocycles. The molecule has 1 aromatic heterocycles. The van der Waals surface area contributed by atoms with E-state index in [0.717, 1.165) is 42.7 Å². The van der Waals surface area contributed by atoms with E-state index in [4.69, 9.17) is 18.6 Å².